The molecule has 26 heavy (non-hydrogen) atoms. The molecule has 3 rings (SSSR count). The molecule has 1 aromatic heterocycles. The molecule has 1 aliphatic heterocycles. The van der Waals surface area contributed by atoms with Crippen LogP contribution in [0.1, 0.15) is 18.2 Å². The molecular weight excluding hydrogens is 344 g/mol. The second-order valence-electron chi connectivity index (χ2n) is 6.34. The predicted octanol–water partition coefficient (Wildman–Crippen LogP) is 3.13. The summed E-state index contributed by atoms with van der Waals surface area (Å²) in [6.45, 7) is 5.75. The number of nitrogens with zero attached hydrogens (tertiary/aromatic N) is 2. The SMILES string of the molecule is CCNC(=NCCc1cccs1)NC1CCN(c2ccccc2OC)C1. The molecule has 1 aliphatic rings. The first-order valence-corrected chi connectivity index (χ1v) is 10.1. The van der Waals surface area contributed by atoms with E-state index in [1.165, 1.54) is 10.6 Å². The van der Waals surface area contributed by atoms with Gasteiger partial charge in [0.15, 0.2) is 5.96 Å². The first kappa shape index (κ1) is 18.6. The Balaban J connectivity index is 1.56. The van der Waals surface area contributed by atoms with Gasteiger partial charge in [-0.2, -0.15) is 0 Å². The molecule has 6 heteroatoms. The molecule has 2 heterocycles. The van der Waals surface area contributed by atoms with E-state index in [1.54, 1.807) is 18.4 Å². The molecular formula is C20H28N4OS. The van der Waals surface area contributed by atoms with Crippen molar-refractivity contribution in [2.45, 2.75) is 25.8 Å². The van der Waals surface area contributed by atoms with Crippen LogP contribution in [0.15, 0.2) is 46.8 Å². The van der Waals surface area contributed by atoms with E-state index < -0.39 is 0 Å². The van der Waals surface area contributed by atoms with Crippen molar-refractivity contribution < 1.29 is 4.74 Å². The quantitative estimate of drug-likeness (QED) is 0.579. The van der Waals surface area contributed by atoms with E-state index in [0.717, 1.165) is 50.7 Å². The lowest BCUT2D eigenvalue weighted by atomic mass is 10.2. The molecule has 1 saturated heterocycles. The summed E-state index contributed by atoms with van der Waals surface area (Å²) in [5.41, 5.74) is 1.17. The number of nitrogens with one attached hydrogen (secondary N) is 2. The van der Waals surface area contributed by atoms with Crippen LogP contribution in [-0.2, 0) is 6.42 Å². The third-order valence-electron chi connectivity index (χ3n) is 4.51. The van der Waals surface area contributed by atoms with Crippen LogP contribution < -0.4 is 20.3 Å². The standard InChI is InChI=1S/C20H28N4OS/c1-3-21-20(22-12-10-17-7-6-14-26-17)23-16-11-13-24(15-16)18-8-4-5-9-19(18)25-2/h4-9,14,16H,3,10-13,15H2,1-2H3,(H2,21,22,23). The van der Waals surface area contributed by atoms with Gasteiger partial charge in [0.2, 0.25) is 0 Å². The Morgan fingerprint density at radius 2 is 2.19 bits per heavy atom. The molecule has 140 valence electrons. The highest BCUT2D eigenvalue weighted by Crippen LogP contribution is 2.30. The van der Waals surface area contributed by atoms with Crippen LogP contribution >= 0.6 is 11.3 Å². The van der Waals surface area contributed by atoms with Gasteiger partial charge < -0.3 is 20.3 Å². The molecule has 5 nitrogen and oxygen atoms in total. The number of methoxy groups -OCH3 is 1. The lowest BCUT2D eigenvalue weighted by Gasteiger charge is -2.22. The highest BCUT2D eigenvalue weighted by atomic mass is 32.1. The largest absolute Gasteiger partial charge is 0.495 e. The number of benzene rings is 1. The molecule has 2 N–H and O–H groups in total. The van der Waals surface area contributed by atoms with Crippen molar-refractivity contribution in [1.29, 1.82) is 0 Å². The topological polar surface area (TPSA) is 48.9 Å². The molecule has 1 fully saturated rings. The van der Waals surface area contributed by atoms with E-state index in [-0.39, 0.29) is 0 Å². The van der Waals surface area contributed by atoms with Crippen LogP contribution in [0.4, 0.5) is 5.69 Å². The summed E-state index contributed by atoms with van der Waals surface area (Å²) in [4.78, 5) is 8.50. The molecule has 2 aromatic rings. The zero-order chi connectivity index (χ0) is 18.2. The molecule has 0 bridgehead atoms. The normalized spacial score (nSPS) is 17.4. The number of para-hydroxylation sites is 2. The maximum Gasteiger partial charge on any atom is 0.191 e. The van der Waals surface area contributed by atoms with Crippen molar-refractivity contribution in [3.05, 3.63) is 46.7 Å². The van der Waals surface area contributed by atoms with Gasteiger partial charge in [-0.1, -0.05) is 18.2 Å². The Hall–Kier alpha value is -2.21. The highest BCUT2D eigenvalue weighted by molar-refractivity contribution is 7.09. The monoisotopic (exact) mass is 372 g/mol. The van der Waals surface area contributed by atoms with E-state index in [4.69, 9.17) is 9.73 Å². The average Bonchev–Trinajstić information content (AvgIpc) is 3.34. The van der Waals surface area contributed by atoms with Crippen LogP contribution in [0.5, 0.6) is 5.75 Å². The van der Waals surface area contributed by atoms with E-state index in [1.807, 2.05) is 12.1 Å². The summed E-state index contributed by atoms with van der Waals surface area (Å²) in [5, 5.41) is 9.08. The second kappa shape index (κ2) is 9.48. The summed E-state index contributed by atoms with van der Waals surface area (Å²) >= 11 is 1.79. The third kappa shape index (κ3) is 4.91. The predicted molar refractivity (Wildman–Crippen MR) is 111 cm³/mol. The zero-order valence-corrected chi connectivity index (χ0v) is 16.4. The summed E-state index contributed by atoms with van der Waals surface area (Å²) in [6.07, 6.45) is 2.08. The number of guanidine groups is 1. The van der Waals surface area contributed by atoms with E-state index in [2.05, 4.69) is 52.1 Å². The Labute approximate surface area is 160 Å². The van der Waals surface area contributed by atoms with E-state index in [9.17, 15) is 0 Å². The van der Waals surface area contributed by atoms with Gasteiger partial charge >= 0.3 is 0 Å². The maximum absolute atomic E-state index is 5.50. The maximum atomic E-state index is 5.50. The van der Waals surface area contributed by atoms with Crippen molar-refractivity contribution in [3.63, 3.8) is 0 Å². The van der Waals surface area contributed by atoms with Gasteiger partial charge in [0, 0.05) is 43.5 Å². The average molecular weight is 373 g/mol. The summed E-state index contributed by atoms with van der Waals surface area (Å²) in [7, 11) is 1.73. The Morgan fingerprint density at radius 3 is 2.96 bits per heavy atom. The number of hydrogen-bond acceptors (Lipinski definition) is 4. The first-order valence-electron chi connectivity index (χ1n) is 9.25. The number of rotatable bonds is 7. The molecule has 1 atom stereocenters. The van der Waals surface area contributed by atoms with Crippen molar-refractivity contribution in [3.8, 4) is 5.75 Å². The third-order valence-corrected chi connectivity index (χ3v) is 5.44. The number of thiophene rings is 1. The summed E-state index contributed by atoms with van der Waals surface area (Å²) in [5.74, 6) is 1.85. The van der Waals surface area contributed by atoms with Crippen LogP contribution in [0, 0.1) is 0 Å². The minimum atomic E-state index is 0.388. The Bertz CT molecular complexity index is 702. The van der Waals surface area contributed by atoms with Crippen LogP contribution in [0.2, 0.25) is 0 Å². The second-order valence-corrected chi connectivity index (χ2v) is 7.37. The van der Waals surface area contributed by atoms with Gasteiger partial charge in [-0.3, -0.25) is 4.99 Å². The van der Waals surface area contributed by atoms with E-state index >= 15 is 0 Å². The van der Waals surface area contributed by atoms with Gasteiger partial charge in [-0.15, -0.1) is 11.3 Å². The molecule has 0 amide bonds. The Morgan fingerprint density at radius 1 is 1.31 bits per heavy atom. The fraction of sp³-hybridized carbons (Fsp3) is 0.450. The van der Waals surface area contributed by atoms with Crippen LogP contribution in [0.3, 0.4) is 0 Å². The lowest BCUT2D eigenvalue weighted by Crippen LogP contribution is -2.44. The van der Waals surface area contributed by atoms with Gasteiger partial charge in [-0.25, -0.2) is 0 Å². The Kier molecular flexibility index (Phi) is 6.77. The van der Waals surface area contributed by atoms with Crippen LogP contribution in [-0.4, -0.2) is 45.3 Å². The fourth-order valence-electron chi connectivity index (χ4n) is 3.23. The first-order chi connectivity index (χ1) is 12.8. The lowest BCUT2D eigenvalue weighted by molar-refractivity contribution is 0.415. The van der Waals surface area contributed by atoms with Crippen molar-refractivity contribution in [2.24, 2.45) is 4.99 Å². The number of anilines is 1. The smallest absolute Gasteiger partial charge is 0.191 e. The van der Waals surface area contributed by atoms with Crippen LogP contribution in [0.25, 0.3) is 0 Å². The molecule has 1 aromatic carbocycles. The zero-order valence-electron chi connectivity index (χ0n) is 15.6. The number of hydrogen-bond donors (Lipinski definition) is 2. The number of ether oxygens (including phenoxy) is 1. The van der Waals surface area contributed by atoms with E-state index in [0.29, 0.717) is 6.04 Å². The molecule has 0 aliphatic carbocycles. The molecule has 1 unspecified atom stereocenters. The summed E-state index contributed by atoms with van der Waals surface area (Å²) < 4.78 is 5.50. The fourth-order valence-corrected chi connectivity index (χ4v) is 3.93. The van der Waals surface area contributed by atoms with Crippen molar-refractivity contribution >= 4 is 23.0 Å². The van der Waals surface area contributed by atoms with Gasteiger partial charge in [-0.05, 0) is 36.9 Å². The highest BCUT2D eigenvalue weighted by Gasteiger charge is 2.25. The van der Waals surface area contributed by atoms with Crippen molar-refractivity contribution in [1.82, 2.24) is 10.6 Å². The minimum absolute atomic E-state index is 0.388. The molecule has 0 saturated carbocycles. The molecule has 0 radical (unpaired) electrons. The van der Waals surface area contributed by atoms with Crippen molar-refractivity contribution in [2.75, 3.05) is 38.2 Å². The van der Waals surface area contributed by atoms with Gasteiger partial charge in [0.1, 0.15) is 5.75 Å². The van der Waals surface area contributed by atoms with Gasteiger partial charge in [0.05, 0.1) is 12.8 Å². The number of aliphatic imine (C=N–C) groups is 1. The molecule has 0 spiro atoms. The van der Waals surface area contributed by atoms with Gasteiger partial charge in [0.25, 0.3) is 0 Å². The summed E-state index contributed by atoms with van der Waals surface area (Å²) in [6, 6.07) is 12.9. The minimum Gasteiger partial charge on any atom is -0.495 e.